The molecule has 2 atom stereocenters. The highest BCUT2D eigenvalue weighted by Crippen LogP contribution is 2.48. The van der Waals surface area contributed by atoms with Crippen molar-refractivity contribution in [2.24, 2.45) is 0 Å². The van der Waals surface area contributed by atoms with Crippen molar-refractivity contribution in [2.75, 3.05) is 0 Å². The van der Waals surface area contributed by atoms with E-state index in [1.54, 1.807) is 0 Å². The second kappa shape index (κ2) is 3.82. The van der Waals surface area contributed by atoms with Gasteiger partial charge in [0.2, 0.25) is 0 Å². The molecule has 0 N–H and O–H groups in total. The van der Waals surface area contributed by atoms with Crippen LogP contribution in [0.15, 0.2) is 0 Å². The van der Waals surface area contributed by atoms with Gasteiger partial charge in [-0.3, -0.25) is 0 Å². The Bertz CT molecular complexity index is 179. The van der Waals surface area contributed by atoms with Crippen LogP contribution in [-0.4, -0.2) is 15.8 Å². The maximum Gasteiger partial charge on any atom is 0.111 e. The van der Waals surface area contributed by atoms with E-state index in [0.29, 0.717) is 10.9 Å². The minimum Gasteiger partial charge on any atom is -0.362 e. The van der Waals surface area contributed by atoms with E-state index >= 15 is 0 Å². The Hall–Kier alpha value is 0.310. The Kier molecular flexibility index (Phi) is 3.34. The summed E-state index contributed by atoms with van der Waals surface area (Å²) in [5.41, 5.74) is 0. The third-order valence-electron chi connectivity index (χ3n) is 2.43. The molecule has 1 rings (SSSR count). The van der Waals surface area contributed by atoms with Crippen LogP contribution in [0.1, 0.15) is 53.9 Å². The van der Waals surface area contributed by atoms with Crippen LogP contribution >= 0.6 is 11.8 Å². The van der Waals surface area contributed by atoms with E-state index in [1.807, 2.05) is 11.8 Å². The topological polar surface area (TPSA) is 9.23 Å². The van der Waals surface area contributed by atoms with Crippen molar-refractivity contribution < 1.29 is 4.74 Å². The van der Waals surface area contributed by atoms with Crippen LogP contribution in [0.5, 0.6) is 0 Å². The second-order valence-electron chi connectivity index (χ2n) is 4.88. The minimum atomic E-state index is 0.0515. The number of ether oxygens (including phenoxy) is 1. The fourth-order valence-electron chi connectivity index (χ4n) is 2.37. The molecule has 78 valence electrons. The molecule has 1 saturated heterocycles. The first-order chi connectivity index (χ1) is 5.87. The lowest BCUT2D eigenvalue weighted by Gasteiger charge is -2.45. The van der Waals surface area contributed by atoms with Gasteiger partial charge >= 0.3 is 0 Å². The molecular formula is C11H22OS. The lowest BCUT2D eigenvalue weighted by molar-refractivity contribution is -0.0384. The fraction of sp³-hybridized carbons (Fsp3) is 1.00. The van der Waals surface area contributed by atoms with Gasteiger partial charge in [0.1, 0.15) is 4.93 Å². The molecule has 2 unspecified atom stereocenters. The summed E-state index contributed by atoms with van der Waals surface area (Å²) in [6, 6.07) is 0. The molecule has 2 heteroatoms. The van der Waals surface area contributed by atoms with Gasteiger partial charge in [-0.05, 0) is 26.7 Å². The molecule has 0 spiro atoms. The molecule has 1 heterocycles. The lowest BCUT2D eigenvalue weighted by atomic mass is 10.0. The molecule has 13 heavy (non-hydrogen) atoms. The summed E-state index contributed by atoms with van der Waals surface area (Å²) in [7, 11) is 0. The Morgan fingerprint density at radius 3 is 2.46 bits per heavy atom. The zero-order valence-corrected chi connectivity index (χ0v) is 10.3. The zero-order valence-electron chi connectivity index (χ0n) is 9.52. The number of rotatable bonds is 2. The predicted octanol–water partition coefficient (Wildman–Crippen LogP) is 3.82. The van der Waals surface area contributed by atoms with E-state index in [0.717, 1.165) is 12.8 Å². The molecule has 1 fully saturated rings. The minimum absolute atomic E-state index is 0.0515. The van der Waals surface area contributed by atoms with Crippen LogP contribution in [0.25, 0.3) is 0 Å². The maximum absolute atomic E-state index is 6.01. The number of hydrogen-bond donors (Lipinski definition) is 0. The van der Waals surface area contributed by atoms with E-state index < -0.39 is 0 Å². The summed E-state index contributed by atoms with van der Waals surface area (Å²) in [4.78, 5) is 0.0515. The van der Waals surface area contributed by atoms with E-state index in [9.17, 15) is 0 Å². The third-order valence-corrected chi connectivity index (χ3v) is 3.88. The van der Waals surface area contributed by atoms with E-state index in [1.165, 1.54) is 6.42 Å². The van der Waals surface area contributed by atoms with Crippen LogP contribution in [0.2, 0.25) is 0 Å². The van der Waals surface area contributed by atoms with Crippen molar-refractivity contribution in [2.45, 2.75) is 69.7 Å². The highest BCUT2D eigenvalue weighted by Gasteiger charge is 2.40. The third kappa shape index (κ3) is 3.17. The van der Waals surface area contributed by atoms with Crippen LogP contribution in [0, 0.1) is 0 Å². The van der Waals surface area contributed by atoms with Crippen molar-refractivity contribution in [1.29, 1.82) is 0 Å². The molecule has 0 aromatic heterocycles. The average Bonchev–Trinajstić information content (AvgIpc) is 1.78. The molecule has 0 aromatic rings. The molecule has 0 radical (unpaired) electrons. The number of hydrogen-bond acceptors (Lipinski definition) is 2. The van der Waals surface area contributed by atoms with Gasteiger partial charge in [-0.1, -0.05) is 27.2 Å². The van der Waals surface area contributed by atoms with Crippen molar-refractivity contribution in [3.63, 3.8) is 0 Å². The monoisotopic (exact) mass is 202 g/mol. The van der Waals surface area contributed by atoms with Crippen LogP contribution in [-0.2, 0) is 4.74 Å². The molecule has 1 nitrogen and oxygen atoms in total. The summed E-state index contributed by atoms with van der Waals surface area (Å²) in [5, 5.41) is 0. The smallest absolute Gasteiger partial charge is 0.111 e. The first-order valence-corrected chi connectivity index (χ1v) is 6.06. The van der Waals surface area contributed by atoms with Crippen molar-refractivity contribution in [1.82, 2.24) is 0 Å². The van der Waals surface area contributed by atoms with Gasteiger partial charge in [0, 0.05) is 4.75 Å². The van der Waals surface area contributed by atoms with Crippen molar-refractivity contribution in [3.8, 4) is 0 Å². The largest absolute Gasteiger partial charge is 0.362 e. The van der Waals surface area contributed by atoms with Crippen LogP contribution in [0.3, 0.4) is 0 Å². The SMILES string of the molecule is CCCC1(C)OC(C)CC(C)(C)S1. The van der Waals surface area contributed by atoms with E-state index in [-0.39, 0.29) is 4.93 Å². The second-order valence-corrected chi connectivity index (χ2v) is 7.05. The summed E-state index contributed by atoms with van der Waals surface area (Å²) >= 11 is 2.00. The zero-order chi connectivity index (χ0) is 10.1. The normalized spacial score (nSPS) is 39.0. The molecule has 0 saturated carbocycles. The van der Waals surface area contributed by atoms with Crippen LogP contribution < -0.4 is 0 Å². The number of thioether (sulfide) groups is 1. The molecule has 1 aliphatic rings. The van der Waals surface area contributed by atoms with Gasteiger partial charge in [-0.2, -0.15) is 0 Å². The first-order valence-electron chi connectivity index (χ1n) is 5.25. The highest BCUT2D eigenvalue weighted by molar-refractivity contribution is 8.01. The van der Waals surface area contributed by atoms with E-state index in [2.05, 4.69) is 34.6 Å². The van der Waals surface area contributed by atoms with Gasteiger partial charge < -0.3 is 4.74 Å². The summed E-state index contributed by atoms with van der Waals surface area (Å²) in [5.74, 6) is 0. The summed E-state index contributed by atoms with van der Waals surface area (Å²) in [6.07, 6.45) is 3.93. The lowest BCUT2D eigenvalue weighted by Crippen LogP contribution is -2.42. The van der Waals surface area contributed by atoms with E-state index in [4.69, 9.17) is 4.74 Å². The average molecular weight is 202 g/mol. The molecular weight excluding hydrogens is 180 g/mol. The van der Waals surface area contributed by atoms with Gasteiger partial charge in [-0.15, -0.1) is 11.8 Å². The molecule has 1 aliphatic heterocycles. The maximum atomic E-state index is 6.01. The predicted molar refractivity (Wildman–Crippen MR) is 60.1 cm³/mol. The molecule has 0 aromatic carbocycles. The van der Waals surface area contributed by atoms with Gasteiger partial charge in [0.25, 0.3) is 0 Å². The highest BCUT2D eigenvalue weighted by atomic mass is 32.2. The Labute approximate surface area is 86.6 Å². The Morgan fingerprint density at radius 1 is 1.38 bits per heavy atom. The molecule has 0 aliphatic carbocycles. The van der Waals surface area contributed by atoms with Gasteiger partial charge in [0.15, 0.2) is 0 Å². The summed E-state index contributed by atoms with van der Waals surface area (Å²) in [6.45, 7) is 11.3. The van der Waals surface area contributed by atoms with Crippen molar-refractivity contribution in [3.05, 3.63) is 0 Å². The standard InChI is InChI=1S/C11H22OS/c1-6-7-11(5)12-9(2)8-10(3,4)13-11/h9H,6-8H2,1-5H3. The molecule has 0 amide bonds. The fourth-order valence-corrected chi connectivity index (χ4v) is 4.38. The van der Waals surface area contributed by atoms with Crippen molar-refractivity contribution >= 4 is 11.8 Å². The first kappa shape index (κ1) is 11.4. The Balaban J connectivity index is 2.66. The molecule has 0 bridgehead atoms. The Morgan fingerprint density at radius 2 is 2.00 bits per heavy atom. The summed E-state index contributed by atoms with van der Waals surface area (Å²) < 4.78 is 6.39. The van der Waals surface area contributed by atoms with Crippen LogP contribution in [0.4, 0.5) is 0 Å². The van der Waals surface area contributed by atoms with Gasteiger partial charge in [-0.25, -0.2) is 0 Å². The quantitative estimate of drug-likeness (QED) is 0.673. The van der Waals surface area contributed by atoms with Gasteiger partial charge in [0.05, 0.1) is 6.10 Å².